The van der Waals surface area contributed by atoms with Crippen molar-refractivity contribution in [2.75, 3.05) is 0 Å². The average molecular weight is 388 g/mol. The van der Waals surface area contributed by atoms with Gasteiger partial charge in [0.25, 0.3) is 0 Å². The molecule has 0 aliphatic heterocycles. The van der Waals surface area contributed by atoms with Crippen LogP contribution in [0, 0.1) is 12.1 Å². The van der Waals surface area contributed by atoms with E-state index in [4.69, 9.17) is 0 Å². The van der Waals surface area contributed by atoms with Gasteiger partial charge in [-0.1, -0.05) is 26.7 Å². The van der Waals surface area contributed by atoms with Gasteiger partial charge in [-0.15, -0.1) is 0 Å². The number of hydrogen-bond acceptors (Lipinski definition) is 0. The molecular weight excluding hydrogens is 360 g/mol. The molecule has 4 aromatic rings. The zero-order chi connectivity index (χ0) is 18.7. The van der Waals surface area contributed by atoms with E-state index in [1.807, 2.05) is 97.1 Å². The Bertz CT molecular complexity index is 595. The summed E-state index contributed by atoms with van der Waals surface area (Å²) in [6.07, 6.45) is 2.17. The van der Waals surface area contributed by atoms with E-state index in [-0.39, 0.29) is 21.7 Å². The Balaban J connectivity index is 0.000000337. The van der Waals surface area contributed by atoms with Crippen LogP contribution in [-0.2, 0) is 34.6 Å². The first-order valence-electron chi connectivity index (χ1n) is 9.11. The molecule has 0 unspecified atom stereocenters. The normalized spacial score (nSPS) is 8.37. The van der Waals surface area contributed by atoms with Crippen LogP contribution in [0.1, 0.15) is 25.0 Å². The maximum Gasteiger partial charge on any atom is 4.00 e. The third-order valence-electron chi connectivity index (χ3n) is 3.42. The molecule has 0 atom stereocenters. The molecule has 0 bridgehead atoms. The van der Waals surface area contributed by atoms with Crippen LogP contribution in [0.3, 0.4) is 0 Å². The van der Waals surface area contributed by atoms with Gasteiger partial charge in [0.2, 0.25) is 0 Å². The minimum absolute atomic E-state index is 0. The Morgan fingerprint density at radius 3 is 1.11 bits per heavy atom. The zero-order valence-electron chi connectivity index (χ0n) is 16.3. The first-order chi connectivity index (χ1) is 12.9. The Labute approximate surface area is 180 Å². The fourth-order valence-electron chi connectivity index (χ4n) is 1.94. The molecule has 0 fully saturated rings. The van der Waals surface area contributed by atoms with Crippen LogP contribution in [-0.4, -0.2) is 0 Å². The van der Waals surface area contributed by atoms with E-state index >= 15 is 0 Å². The molecule has 0 radical (unpaired) electrons. The van der Waals surface area contributed by atoms with Crippen molar-refractivity contribution in [1.82, 2.24) is 0 Å². The second-order valence-corrected chi connectivity index (χ2v) is 5.41. The quantitative estimate of drug-likeness (QED) is 0.259. The molecule has 0 saturated carbocycles. The summed E-state index contributed by atoms with van der Waals surface area (Å²) in [7, 11) is 0. The summed E-state index contributed by atoms with van der Waals surface area (Å²) in [6.45, 7) is 4.26. The summed E-state index contributed by atoms with van der Waals surface area (Å²) in [6, 6.07) is 42.3. The van der Waals surface area contributed by atoms with Gasteiger partial charge in [0.1, 0.15) is 0 Å². The number of benzene rings is 2. The summed E-state index contributed by atoms with van der Waals surface area (Å²) in [5.74, 6) is 0. The Hall–Kier alpha value is -2.15. The first-order valence-corrected chi connectivity index (χ1v) is 9.11. The Kier molecular flexibility index (Phi) is 17.2. The summed E-state index contributed by atoms with van der Waals surface area (Å²) in [4.78, 5) is 0. The van der Waals surface area contributed by atoms with Crippen LogP contribution in [0.4, 0.5) is 0 Å². The maximum absolute atomic E-state index is 3.12. The minimum Gasteiger partial charge on any atom is -0.214 e. The van der Waals surface area contributed by atoms with Gasteiger partial charge in [-0.3, -0.25) is 0 Å². The second kappa shape index (κ2) is 18.6. The van der Waals surface area contributed by atoms with Crippen molar-refractivity contribution < 1.29 is 21.7 Å². The molecule has 4 aromatic carbocycles. The predicted octanol–water partition coefficient (Wildman–Crippen LogP) is 6.91. The molecule has 27 heavy (non-hydrogen) atoms. The van der Waals surface area contributed by atoms with Crippen molar-refractivity contribution in [1.29, 1.82) is 0 Å². The van der Waals surface area contributed by atoms with E-state index in [9.17, 15) is 0 Å². The van der Waals surface area contributed by atoms with Crippen LogP contribution < -0.4 is 0 Å². The molecule has 136 valence electrons. The third kappa shape index (κ3) is 14.7. The Morgan fingerprint density at radius 1 is 0.593 bits per heavy atom. The van der Waals surface area contributed by atoms with Gasteiger partial charge < -0.3 is 0 Å². The molecule has 0 saturated heterocycles. The van der Waals surface area contributed by atoms with Crippen molar-refractivity contribution in [2.45, 2.75) is 26.7 Å². The minimum atomic E-state index is 0. The summed E-state index contributed by atoms with van der Waals surface area (Å²) in [5, 5.41) is 0. The van der Waals surface area contributed by atoms with E-state index < -0.39 is 0 Å². The van der Waals surface area contributed by atoms with Crippen molar-refractivity contribution >= 4 is 0 Å². The van der Waals surface area contributed by atoms with Crippen molar-refractivity contribution in [3.63, 3.8) is 0 Å². The molecule has 0 aromatic heterocycles. The maximum atomic E-state index is 3.12. The fraction of sp³-hybridized carbons (Fsp3) is 0.154. The van der Waals surface area contributed by atoms with E-state index in [1.54, 1.807) is 0 Å². The van der Waals surface area contributed by atoms with E-state index in [2.05, 4.69) is 38.1 Å². The van der Waals surface area contributed by atoms with Gasteiger partial charge in [0.15, 0.2) is 0 Å². The summed E-state index contributed by atoms with van der Waals surface area (Å²) < 4.78 is 0. The fourth-order valence-corrected chi connectivity index (χ4v) is 1.94. The molecule has 0 aliphatic carbocycles. The van der Waals surface area contributed by atoms with Gasteiger partial charge in [0, 0.05) is 0 Å². The molecule has 0 N–H and O–H groups in total. The molecule has 0 heterocycles. The van der Waals surface area contributed by atoms with Gasteiger partial charge in [-0.2, -0.15) is 108 Å². The van der Waals surface area contributed by atoms with Crippen LogP contribution in [0.25, 0.3) is 0 Å². The molecule has 0 nitrogen and oxygen atoms in total. The molecule has 0 spiro atoms. The van der Waals surface area contributed by atoms with Crippen LogP contribution in [0.2, 0.25) is 0 Å². The third-order valence-corrected chi connectivity index (χ3v) is 3.42. The van der Waals surface area contributed by atoms with Crippen LogP contribution in [0.5, 0.6) is 0 Å². The van der Waals surface area contributed by atoms with Gasteiger partial charge >= 0.3 is 21.7 Å². The second-order valence-electron chi connectivity index (χ2n) is 5.41. The molecule has 1 heteroatoms. The van der Waals surface area contributed by atoms with Crippen molar-refractivity contribution in [2.24, 2.45) is 0 Å². The topological polar surface area (TPSA) is 0 Å². The van der Waals surface area contributed by atoms with E-state index in [0.29, 0.717) is 0 Å². The van der Waals surface area contributed by atoms with Gasteiger partial charge in [-0.25, -0.2) is 24.3 Å². The number of hydrogen-bond donors (Lipinski definition) is 0. The monoisotopic (exact) mass is 388 g/mol. The number of rotatable bonds is 2. The SMILES string of the molecule is CCc1[c-]cccc1.CCc1[c-]cccc1.[Ti+4].c1cc[cH-]c1.c1cc[cH-]c1. The number of aryl methyl sites for hydroxylation is 2. The smallest absolute Gasteiger partial charge is 0.214 e. The Morgan fingerprint density at radius 2 is 0.963 bits per heavy atom. The van der Waals surface area contributed by atoms with Crippen molar-refractivity contribution in [3.05, 3.63) is 132 Å². The zero-order valence-corrected chi connectivity index (χ0v) is 17.9. The van der Waals surface area contributed by atoms with E-state index in [1.165, 1.54) is 11.1 Å². The molecule has 0 amide bonds. The predicted molar refractivity (Wildman–Crippen MR) is 113 cm³/mol. The molecular formula is C26H28Ti. The van der Waals surface area contributed by atoms with Gasteiger partial charge in [-0.05, 0) is 0 Å². The molecule has 4 rings (SSSR count). The van der Waals surface area contributed by atoms with Crippen LogP contribution >= 0.6 is 0 Å². The van der Waals surface area contributed by atoms with E-state index in [0.717, 1.165) is 12.8 Å². The summed E-state index contributed by atoms with van der Waals surface area (Å²) in [5.41, 5.74) is 2.57. The average Bonchev–Trinajstić information content (AvgIpc) is 3.48. The first kappa shape index (κ1) is 24.9. The van der Waals surface area contributed by atoms with Crippen molar-refractivity contribution in [3.8, 4) is 0 Å². The van der Waals surface area contributed by atoms with Crippen LogP contribution in [0.15, 0.2) is 109 Å². The summed E-state index contributed by atoms with van der Waals surface area (Å²) >= 11 is 0. The largest absolute Gasteiger partial charge is 4.00 e. The van der Waals surface area contributed by atoms with Gasteiger partial charge in [0.05, 0.1) is 0 Å². The standard InChI is InChI=1S/2C8H9.2C5H5.Ti/c2*1-2-8-6-4-3-5-7-8;2*1-2-4-5-3-1;/h2*3-6H,2H2,1H3;2*1-5H;/q4*-1;+4. The molecule has 0 aliphatic rings.